The minimum absolute atomic E-state index is 0.0150. The molecule has 2 aromatic carbocycles. The molecular weight excluding hydrogens is 326 g/mol. The van der Waals surface area contributed by atoms with Crippen LogP contribution in [0.4, 0.5) is 0 Å². The Morgan fingerprint density at radius 1 is 1.12 bits per heavy atom. The van der Waals surface area contributed by atoms with Crippen molar-refractivity contribution in [3.8, 4) is 5.75 Å². The number of benzene rings is 2. The van der Waals surface area contributed by atoms with Gasteiger partial charge in [-0.25, -0.2) is 0 Å². The maximum absolute atomic E-state index is 10.8. The molecule has 0 saturated carbocycles. The second-order valence-corrected chi connectivity index (χ2v) is 6.05. The van der Waals surface area contributed by atoms with Gasteiger partial charge in [0.25, 0.3) is 0 Å². The highest BCUT2D eigenvalue weighted by Gasteiger charge is 2.16. The number of hydrogen-bond donors (Lipinski definition) is 1. The summed E-state index contributed by atoms with van der Waals surface area (Å²) in [5.41, 5.74) is 2.23. The molecule has 0 aliphatic carbocycles. The molecule has 2 aromatic rings. The molecule has 0 aliphatic rings. The minimum atomic E-state index is -0.850. The van der Waals surface area contributed by atoms with Gasteiger partial charge < -0.3 is 9.84 Å². The first-order chi connectivity index (χ1) is 11.6. The Morgan fingerprint density at radius 3 is 2.38 bits per heavy atom. The first-order valence-corrected chi connectivity index (χ1v) is 8.35. The maximum atomic E-state index is 10.8. The Bertz CT molecular complexity index is 631. The fourth-order valence-corrected chi connectivity index (χ4v) is 2.75. The first-order valence-electron chi connectivity index (χ1n) is 7.82. The van der Waals surface area contributed by atoms with Crippen molar-refractivity contribution in [1.29, 1.82) is 0 Å². The molecule has 0 radical (unpaired) electrons. The van der Waals surface area contributed by atoms with E-state index in [1.54, 1.807) is 11.9 Å². The van der Waals surface area contributed by atoms with E-state index in [4.69, 9.17) is 21.4 Å². The number of alkyl halides is 1. The van der Waals surface area contributed by atoms with Gasteiger partial charge in [0, 0.05) is 11.9 Å². The summed E-state index contributed by atoms with van der Waals surface area (Å²) < 4.78 is 5.76. The monoisotopic (exact) mass is 347 g/mol. The molecule has 2 rings (SSSR count). The zero-order chi connectivity index (χ0) is 17.4. The lowest BCUT2D eigenvalue weighted by molar-refractivity contribution is -0.138. The standard InChI is InChI=1S/C19H22ClNO3/c1-21(13-19(22)23)17(12-20)11-15-7-9-18(10-8-15)24-14-16-5-3-2-4-6-16/h2-10,17H,11-14H2,1H3,(H,22,23)/t17-/m0/s1. The summed E-state index contributed by atoms with van der Waals surface area (Å²) in [6, 6.07) is 17.8. The third-order valence-corrected chi connectivity index (χ3v) is 4.19. The number of aliphatic carboxylic acids is 1. The van der Waals surface area contributed by atoms with Gasteiger partial charge in [-0.15, -0.1) is 11.6 Å². The molecule has 0 heterocycles. The number of nitrogens with zero attached hydrogens (tertiary/aromatic N) is 1. The normalized spacial score (nSPS) is 12.1. The smallest absolute Gasteiger partial charge is 0.317 e. The fourth-order valence-electron chi connectivity index (χ4n) is 2.41. The van der Waals surface area contributed by atoms with E-state index in [9.17, 15) is 4.79 Å². The van der Waals surface area contributed by atoms with E-state index in [1.165, 1.54) is 0 Å². The number of halogens is 1. The average molecular weight is 348 g/mol. The van der Waals surface area contributed by atoms with Crippen molar-refractivity contribution in [2.75, 3.05) is 19.5 Å². The van der Waals surface area contributed by atoms with Gasteiger partial charge in [0.2, 0.25) is 0 Å². The molecule has 0 fully saturated rings. The van der Waals surface area contributed by atoms with Crippen molar-refractivity contribution in [1.82, 2.24) is 4.90 Å². The van der Waals surface area contributed by atoms with Crippen LogP contribution < -0.4 is 4.74 Å². The van der Waals surface area contributed by atoms with Crippen LogP contribution in [0.15, 0.2) is 54.6 Å². The molecule has 0 unspecified atom stereocenters. The fraction of sp³-hybridized carbons (Fsp3) is 0.316. The molecule has 0 saturated heterocycles. The molecular formula is C19H22ClNO3. The Hall–Kier alpha value is -2.04. The van der Waals surface area contributed by atoms with E-state index in [1.807, 2.05) is 54.6 Å². The molecule has 24 heavy (non-hydrogen) atoms. The summed E-state index contributed by atoms with van der Waals surface area (Å²) in [7, 11) is 1.78. The molecule has 0 bridgehead atoms. The van der Waals surface area contributed by atoms with Crippen LogP contribution in [0.5, 0.6) is 5.75 Å². The molecule has 0 spiro atoms. The quantitative estimate of drug-likeness (QED) is 0.706. The van der Waals surface area contributed by atoms with Crippen molar-refractivity contribution in [3.05, 3.63) is 65.7 Å². The van der Waals surface area contributed by atoms with Crippen LogP contribution in [0, 0.1) is 0 Å². The van der Waals surface area contributed by atoms with Crippen LogP contribution >= 0.6 is 11.6 Å². The van der Waals surface area contributed by atoms with Gasteiger partial charge in [-0.3, -0.25) is 9.69 Å². The predicted molar refractivity (Wildman–Crippen MR) is 95.7 cm³/mol. The topological polar surface area (TPSA) is 49.8 Å². The van der Waals surface area contributed by atoms with E-state index >= 15 is 0 Å². The number of ether oxygens (including phenoxy) is 1. The predicted octanol–water partition coefficient (Wildman–Crippen LogP) is 3.43. The summed E-state index contributed by atoms with van der Waals surface area (Å²) in [4.78, 5) is 12.6. The Balaban J connectivity index is 1.89. The molecule has 1 atom stereocenters. The van der Waals surface area contributed by atoms with E-state index in [0.717, 1.165) is 16.9 Å². The first kappa shape index (κ1) is 18.3. The summed E-state index contributed by atoms with van der Waals surface area (Å²) in [6.45, 7) is 0.515. The van der Waals surface area contributed by atoms with Crippen LogP contribution in [0.1, 0.15) is 11.1 Å². The number of carbonyl (C=O) groups is 1. The largest absolute Gasteiger partial charge is 0.489 e. The van der Waals surface area contributed by atoms with Gasteiger partial charge in [-0.1, -0.05) is 42.5 Å². The minimum Gasteiger partial charge on any atom is -0.489 e. The second kappa shape index (κ2) is 9.30. The lowest BCUT2D eigenvalue weighted by atomic mass is 10.1. The lowest BCUT2D eigenvalue weighted by Crippen LogP contribution is -2.38. The summed E-state index contributed by atoms with van der Waals surface area (Å²) in [5.74, 6) is 0.344. The van der Waals surface area contributed by atoms with Crippen molar-refractivity contribution < 1.29 is 14.6 Å². The van der Waals surface area contributed by atoms with Crippen LogP contribution in [-0.4, -0.2) is 41.5 Å². The van der Waals surface area contributed by atoms with Gasteiger partial charge in [0.1, 0.15) is 12.4 Å². The number of carboxylic acids is 1. The molecule has 1 N–H and O–H groups in total. The molecule has 128 valence electrons. The molecule has 5 heteroatoms. The Kier molecular flexibility index (Phi) is 7.09. The average Bonchev–Trinajstić information content (AvgIpc) is 2.59. The summed E-state index contributed by atoms with van der Waals surface area (Å²) in [6.07, 6.45) is 0.701. The zero-order valence-corrected chi connectivity index (χ0v) is 14.4. The SMILES string of the molecule is CN(CC(=O)O)[C@H](CCl)Cc1ccc(OCc2ccccc2)cc1. The van der Waals surface area contributed by atoms with Crippen molar-refractivity contribution in [2.24, 2.45) is 0 Å². The molecule has 0 aromatic heterocycles. The van der Waals surface area contributed by atoms with Gasteiger partial charge in [-0.05, 0) is 36.7 Å². The van der Waals surface area contributed by atoms with Gasteiger partial charge in [-0.2, -0.15) is 0 Å². The van der Waals surface area contributed by atoms with Crippen LogP contribution in [-0.2, 0) is 17.8 Å². The Morgan fingerprint density at radius 2 is 1.79 bits per heavy atom. The third kappa shape index (κ3) is 5.87. The molecule has 0 aliphatic heterocycles. The molecule has 0 amide bonds. The van der Waals surface area contributed by atoms with E-state index in [-0.39, 0.29) is 12.6 Å². The van der Waals surface area contributed by atoms with E-state index in [2.05, 4.69) is 0 Å². The third-order valence-electron chi connectivity index (χ3n) is 3.83. The highest BCUT2D eigenvalue weighted by molar-refractivity contribution is 6.18. The highest BCUT2D eigenvalue weighted by atomic mass is 35.5. The van der Waals surface area contributed by atoms with Crippen LogP contribution in [0.25, 0.3) is 0 Å². The number of likely N-dealkylation sites (N-methyl/N-ethyl adjacent to an activating group) is 1. The number of carboxylic acid groups (broad SMARTS) is 1. The van der Waals surface area contributed by atoms with E-state index in [0.29, 0.717) is 18.9 Å². The zero-order valence-electron chi connectivity index (χ0n) is 13.7. The number of rotatable bonds is 9. The van der Waals surface area contributed by atoms with Crippen LogP contribution in [0.3, 0.4) is 0 Å². The lowest BCUT2D eigenvalue weighted by Gasteiger charge is -2.24. The highest BCUT2D eigenvalue weighted by Crippen LogP contribution is 2.16. The number of hydrogen-bond acceptors (Lipinski definition) is 3. The summed E-state index contributed by atoms with van der Waals surface area (Å²) in [5, 5.41) is 8.88. The second-order valence-electron chi connectivity index (χ2n) is 5.74. The van der Waals surface area contributed by atoms with Gasteiger partial charge >= 0.3 is 5.97 Å². The van der Waals surface area contributed by atoms with Crippen molar-refractivity contribution in [2.45, 2.75) is 19.1 Å². The van der Waals surface area contributed by atoms with E-state index < -0.39 is 5.97 Å². The van der Waals surface area contributed by atoms with Crippen LogP contribution in [0.2, 0.25) is 0 Å². The van der Waals surface area contributed by atoms with Crippen molar-refractivity contribution >= 4 is 17.6 Å². The molecule has 4 nitrogen and oxygen atoms in total. The van der Waals surface area contributed by atoms with Crippen molar-refractivity contribution in [3.63, 3.8) is 0 Å². The van der Waals surface area contributed by atoms with Gasteiger partial charge in [0.05, 0.1) is 6.54 Å². The Labute approximate surface area is 147 Å². The van der Waals surface area contributed by atoms with Gasteiger partial charge in [0.15, 0.2) is 0 Å². The summed E-state index contributed by atoms with van der Waals surface area (Å²) >= 11 is 5.99. The maximum Gasteiger partial charge on any atom is 0.317 e.